The second-order valence-electron chi connectivity index (χ2n) is 8.59. The van der Waals surface area contributed by atoms with Crippen molar-refractivity contribution in [3.8, 4) is 0 Å². The Balaban J connectivity index is 1.33. The maximum Gasteiger partial charge on any atom is 0.246 e. The van der Waals surface area contributed by atoms with Crippen LogP contribution in [0, 0.1) is 12.8 Å². The van der Waals surface area contributed by atoms with Gasteiger partial charge in [0.1, 0.15) is 23.2 Å². The van der Waals surface area contributed by atoms with Crippen molar-refractivity contribution < 1.29 is 9.21 Å². The topological polar surface area (TPSA) is 62.5 Å². The number of aromatic nitrogens is 2. The van der Waals surface area contributed by atoms with Gasteiger partial charge >= 0.3 is 0 Å². The molecule has 2 fully saturated rings. The molecular weight excluding hydrogens is 364 g/mol. The second-order valence-corrected chi connectivity index (χ2v) is 8.59. The number of furan rings is 1. The smallest absolute Gasteiger partial charge is 0.246 e. The van der Waals surface area contributed by atoms with Gasteiger partial charge in [0.15, 0.2) is 0 Å². The van der Waals surface area contributed by atoms with E-state index in [0.717, 1.165) is 41.9 Å². The zero-order valence-corrected chi connectivity index (χ0v) is 17.8. The fourth-order valence-electron chi connectivity index (χ4n) is 3.79. The van der Waals surface area contributed by atoms with Crippen molar-refractivity contribution in [2.45, 2.75) is 46.0 Å². The predicted molar refractivity (Wildman–Crippen MR) is 114 cm³/mol. The zero-order chi connectivity index (χ0) is 20.5. The molecule has 1 saturated heterocycles. The molecule has 1 amide bonds. The highest BCUT2D eigenvalue weighted by Crippen LogP contribution is 2.47. The van der Waals surface area contributed by atoms with Crippen LogP contribution >= 0.6 is 0 Å². The van der Waals surface area contributed by atoms with E-state index in [1.807, 2.05) is 30.0 Å². The van der Waals surface area contributed by atoms with Crippen LogP contribution < -0.4 is 4.90 Å². The van der Waals surface area contributed by atoms with Gasteiger partial charge in [-0.2, -0.15) is 0 Å². The lowest BCUT2D eigenvalue weighted by molar-refractivity contribution is -0.126. The maximum absolute atomic E-state index is 12.6. The Morgan fingerprint density at radius 3 is 2.59 bits per heavy atom. The molecule has 0 spiro atoms. The van der Waals surface area contributed by atoms with Crippen molar-refractivity contribution >= 4 is 17.8 Å². The fourth-order valence-corrected chi connectivity index (χ4v) is 3.79. The molecule has 2 aromatic rings. The molecule has 2 aliphatic rings. The minimum Gasteiger partial charge on any atom is -0.461 e. The molecule has 6 heteroatoms. The minimum absolute atomic E-state index is 0.0316. The fraction of sp³-hybridized carbons (Fsp3) is 0.522. The molecule has 2 aromatic heterocycles. The first-order valence-electron chi connectivity index (χ1n) is 10.6. The molecule has 6 nitrogen and oxygen atoms in total. The summed E-state index contributed by atoms with van der Waals surface area (Å²) in [5.41, 5.74) is 0.985. The Morgan fingerprint density at radius 2 is 1.93 bits per heavy atom. The summed E-state index contributed by atoms with van der Waals surface area (Å²) in [6, 6.07) is 6.01. The summed E-state index contributed by atoms with van der Waals surface area (Å²) in [6.45, 7) is 11.4. The van der Waals surface area contributed by atoms with Gasteiger partial charge in [-0.05, 0) is 37.5 Å². The van der Waals surface area contributed by atoms with Crippen molar-refractivity contribution in [2.75, 3.05) is 31.1 Å². The van der Waals surface area contributed by atoms with Crippen LogP contribution in [-0.2, 0) is 4.79 Å². The van der Waals surface area contributed by atoms with Gasteiger partial charge in [0.05, 0.1) is 0 Å². The van der Waals surface area contributed by atoms with Crippen LogP contribution in [0.25, 0.3) is 6.08 Å². The van der Waals surface area contributed by atoms with Gasteiger partial charge in [-0.1, -0.05) is 20.8 Å². The van der Waals surface area contributed by atoms with Crippen LogP contribution in [0.15, 0.2) is 28.7 Å². The van der Waals surface area contributed by atoms with Crippen molar-refractivity contribution in [3.63, 3.8) is 0 Å². The summed E-state index contributed by atoms with van der Waals surface area (Å²) in [4.78, 5) is 25.9. The van der Waals surface area contributed by atoms with Crippen LogP contribution in [0.3, 0.4) is 0 Å². The SMILES string of the molecule is Cc1cc(N2CCN(C(=O)/C=C/c3ccc([C@H]4C[C@@H]4C)o3)CC2)nc(C(C)C)n1. The van der Waals surface area contributed by atoms with Crippen molar-refractivity contribution in [1.82, 2.24) is 14.9 Å². The molecular formula is C23H30N4O2. The molecule has 4 rings (SSSR count). The summed E-state index contributed by atoms with van der Waals surface area (Å²) in [5, 5.41) is 0. The van der Waals surface area contributed by atoms with Crippen molar-refractivity contribution in [3.05, 3.63) is 47.3 Å². The predicted octanol–water partition coefficient (Wildman–Crippen LogP) is 3.99. The number of piperazine rings is 1. The number of anilines is 1. The third-order valence-electron chi connectivity index (χ3n) is 5.80. The van der Waals surface area contributed by atoms with Crippen molar-refractivity contribution in [1.29, 1.82) is 0 Å². The summed E-state index contributed by atoms with van der Waals surface area (Å²) < 4.78 is 5.85. The normalized spacial score (nSPS) is 22.0. The molecule has 154 valence electrons. The second kappa shape index (κ2) is 8.01. The highest BCUT2D eigenvalue weighted by molar-refractivity contribution is 5.91. The third kappa shape index (κ3) is 4.52. The molecule has 1 aliphatic heterocycles. The number of hydrogen-bond donors (Lipinski definition) is 0. The Kier molecular flexibility index (Phi) is 5.43. The van der Waals surface area contributed by atoms with Crippen LogP contribution in [-0.4, -0.2) is 47.0 Å². The van der Waals surface area contributed by atoms with E-state index in [9.17, 15) is 4.79 Å². The third-order valence-corrected chi connectivity index (χ3v) is 5.80. The summed E-state index contributed by atoms with van der Waals surface area (Å²) in [7, 11) is 0. The monoisotopic (exact) mass is 394 g/mol. The first-order valence-corrected chi connectivity index (χ1v) is 10.6. The summed E-state index contributed by atoms with van der Waals surface area (Å²) >= 11 is 0. The molecule has 3 heterocycles. The van der Waals surface area contributed by atoms with Gasteiger partial charge in [-0.15, -0.1) is 0 Å². The number of rotatable bonds is 5. The first kappa shape index (κ1) is 19.7. The van der Waals surface area contributed by atoms with Crippen LogP contribution in [0.4, 0.5) is 5.82 Å². The molecule has 29 heavy (non-hydrogen) atoms. The van der Waals surface area contributed by atoms with Gasteiger partial charge in [-0.25, -0.2) is 9.97 Å². The Bertz CT molecular complexity index is 909. The van der Waals surface area contributed by atoms with E-state index in [-0.39, 0.29) is 5.91 Å². The molecule has 1 saturated carbocycles. The molecule has 0 radical (unpaired) electrons. The lowest BCUT2D eigenvalue weighted by atomic mass is 10.2. The van der Waals surface area contributed by atoms with E-state index < -0.39 is 0 Å². The Hall–Kier alpha value is -2.63. The standard InChI is InChI=1S/C23H30N4O2/c1-15(2)23-24-17(4)14-21(25-23)26-9-11-27(12-10-26)22(28)8-6-18-5-7-20(29-18)19-13-16(19)3/h5-8,14-16,19H,9-13H2,1-4H3/b8-6+/t16-,19-/m0/s1. The number of carbonyl (C=O) groups excluding carboxylic acids is 1. The highest BCUT2D eigenvalue weighted by atomic mass is 16.3. The van der Waals surface area contributed by atoms with Gasteiger partial charge in [0.2, 0.25) is 5.91 Å². The van der Waals surface area contributed by atoms with E-state index in [1.165, 1.54) is 6.42 Å². The average molecular weight is 395 g/mol. The molecule has 0 unspecified atom stereocenters. The van der Waals surface area contributed by atoms with Crippen LogP contribution in [0.5, 0.6) is 0 Å². The number of nitrogens with zero attached hydrogens (tertiary/aromatic N) is 4. The Morgan fingerprint density at radius 1 is 1.21 bits per heavy atom. The number of aryl methyl sites for hydroxylation is 1. The van der Waals surface area contributed by atoms with E-state index >= 15 is 0 Å². The average Bonchev–Trinajstić information content (AvgIpc) is 3.25. The van der Waals surface area contributed by atoms with E-state index in [4.69, 9.17) is 9.40 Å². The lowest BCUT2D eigenvalue weighted by Gasteiger charge is -2.35. The van der Waals surface area contributed by atoms with E-state index in [0.29, 0.717) is 30.8 Å². The number of carbonyl (C=O) groups is 1. The minimum atomic E-state index is 0.0316. The zero-order valence-electron chi connectivity index (χ0n) is 17.8. The van der Waals surface area contributed by atoms with Gasteiger partial charge in [0, 0.05) is 55.9 Å². The Labute approximate surface area is 172 Å². The van der Waals surface area contributed by atoms with Crippen molar-refractivity contribution in [2.24, 2.45) is 5.92 Å². The molecule has 0 N–H and O–H groups in total. The quantitative estimate of drug-likeness (QED) is 0.718. The highest BCUT2D eigenvalue weighted by Gasteiger charge is 2.36. The van der Waals surface area contributed by atoms with Crippen LogP contribution in [0.2, 0.25) is 0 Å². The van der Waals surface area contributed by atoms with E-state index in [1.54, 1.807) is 12.2 Å². The molecule has 0 aromatic carbocycles. The maximum atomic E-state index is 12.6. The van der Waals surface area contributed by atoms with Gasteiger partial charge in [0.25, 0.3) is 0 Å². The molecule has 2 atom stereocenters. The van der Waals surface area contributed by atoms with Gasteiger partial charge < -0.3 is 14.2 Å². The summed E-state index contributed by atoms with van der Waals surface area (Å²) in [5.74, 6) is 5.23. The largest absolute Gasteiger partial charge is 0.461 e. The van der Waals surface area contributed by atoms with Crippen LogP contribution in [0.1, 0.15) is 62.1 Å². The number of hydrogen-bond acceptors (Lipinski definition) is 5. The van der Waals surface area contributed by atoms with Gasteiger partial charge in [-0.3, -0.25) is 4.79 Å². The lowest BCUT2D eigenvalue weighted by Crippen LogP contribution is -2.48. The number of amides is 1. The first-order chi connectivity index (χ1) is 13.9. The molecule has 0 bridgehead atoms. The summed E-state index contributed by atoms with van der Waals surface area (Å²) in [6.07, 6.45) is 4.61. The van der Waals surface area contributed by atoms with E-state index in [2.05, 4.69) is 30.7 Å². The molecule has 1 aliphatic carbocycles.